The molecule has 0 fully saturated rings. The minimum absolute atomic E-state index is 0.0470. The zero-order chi connectivity index (χ0) is 18.2. The number of rotatable bonds is 7. The molecule has 2 rings (SSSR count). The van der Waals surface area contributed by atoms with Crippen LogP contribution in [0.1, 0.15) is 24.1 Å². The van der Waals surface area contributed by atoms with E-state index in [-0.39, 0.29) is 24.7 Å². The Bertz CT molecular complexity index is 765. The van der Waals surface area contributed by atoms with Gasteiger partial charge in [-0.05, 0) is 31.2 Å². The summed E-state index contributed by atoms with van der Waals surface area (Å²) in [6.45, 7) is 1.85. The predicted molar refractivity (Wildman–Crippen MR) is 94.5 cm³/mol. The standard InChI is InChI=1S/C17H21N5O3/c1-12-13(11-22(2)21-12)10-18-20-17(24)9-8-16(23)19-14-4-6-15(25-3)7-5-14/h4-7,10-11H,8-9H2,1-3H3,(H,19,23)(H,20,24)/b18-10-. The van der Waals surface area contributed by atoms with E-state index in [1.165, 1.54) is 6.21 Å². The van der Waals surface area contributed by atoms with Gasteiger partial charge < -0.3 is 10.1 Å². The molecule has 2 N–H and O–H groups in total. The number of hydrogen-bond acceptors (Lipinski definition) is 5. The molecule has 0 aliphatic rings. The van der Waals surface area contributed by atoms with E-state index in [1.807, 2.05) is 14.0 Å². The fourth-order valence-corrected chi connectivity index (χ4v) is 2.10. The van der Waals surface area contributed by atoms with Crippen molar-refractivity contribution in [2.75, 3.05) is 12.4 Å². The second kappa shape index (κ2) is 8.62. The second-order valence-electron chi connectivity index (χ2n) is 5.41. The number of anilines is 1. The van der Waals surface area contributed by atoms with Gasteiger partial charge in [0.2, 0.25) is 11.8 Å². The molecule has 0 unspecified atom stereocenters. The fraction of sp³-hybridized carbons (Fsp3) is 0.294. The summed E-state index contributed by atoms with van der Waals surface area (Å²) >= 11 is 0. The molecule has 0 atom stereocenters. The summed E-state index contributed by atoms with van der Waals surface area (Å²) in [6.07, 6.45) is 3.44. The lowest BCUT2D eigenvalue weighted by atomic mass is 10.2. The zero-order valence-corrected chi connectivity index (χ0v) is 14.4. The first kappa shape index (κ1) is 18.2. The molecule has 1 aromatic carbocycles. The van der Waals surface area contributed by atoms with E-state index in [9.17, 15) is 9.59 Å². The second-order valence-corrected chi connectivity index (χ2v) is 5.41. The Hall–Kier alpha value is -3.16. The van der Waals surface area contributed by atoms with Crippen LogP contribution in [0.3, 0.4) is 0 Å². The number of nitrogens with one attached hydrogen (secondary N) is 2. The number of carbonyl (C=O) groups excluding carboxylic acids is 2. The average Bonchev–Trinajstić information content (AvgIpc) is 2.91. The highest BCUT2D eigenvalue weighted by Gasteiger charge is 2.07. The Balaban J connectivity index is 1.73. The van der Waals surface area contributed by atoms with Crippen molar-refractivity contribution in [2.45, 2.75) is 19.8 Å². The molecule has 132 valence electrons. The molecule has 0 saturated carbocycles. The molecular weight excluding hydrogens is 322 g/mol. The van der Waals surface area contributed by atoms with Crippen molar-refractivity contribution in [3.05, 3.63) is 41.7 Å². The molecule has 0 spiro atoms. The summed E-state index contributed by atoms with van der Waals surface area (Å²) in [6, 6.07) is 6.96. The smallest absolute Gasteiger partial charge is 0.240 e. The number of aryl methyl sites for hydroxylation is 2. The van der Waals surface area contributed by atoms with Gasteiger partial charge in [-0.2, -0.15) is 10.2 Å². The van der Waals surface area contributed by atoms with Crippen molar-refractivity contribution in [1.29, 1.82) is 0 Å². The van der Waals surface area contributed by atoms with Crippen molar-refractivity contribution >= 4 is 23.7 Å². The van der Waals surface area contributed by atoms with Crippen molar-refractivity contribution in [2.24, 2.45) is 12.1 Å². The number of carbonyl (C=O) groups is 2. The molecule has 25 heavy (non-hydrogen) atoms. The van der Waals surface area contributed by atoms with Crippen molar-refractivity contribution in [3.63, 3.8) is 0 Å². The molecule has 0 saturated heterocycles. The number of aromatic nitrogens is 2. The fourth-order valence-electron chi connectivity index (χ4n) is 2.10. The summed E-state index contributed by atoms with van der Waals surface area (Å²) in [5.74, 6) is 0.133. The van der Waals surface area contributed by atoms with Crippen molar-refractivity contribution < 1.29 is 14.3 Å². The van der Waals surface area contributed by atoms with E-state index in [1.54, 1.807) is 42.3 Å². The van der Waals surface area contributed by atoms with Gasteiger partial charge in [-0.15, -0.1) is 0 Å². The lowest BCUT2D eigenvalue weighted by Crippen LogP contribution is -2.20. The van der Waals surface area contributed by atoms with Crippen LogP contribution >= 0.6 is 0 Å². The molecule has 2 aromatic rings. The van der Waals surface area contributed by atoms with Gasteiger partial charge in [-0.25, -0.2) is 5.43 Å². The number of hydrazone groups is 1. The van der Waals surface area contributed by atoms with Crippen LogP contribution in [-0.4, -0.2) is 34.9 Å². The maximum absolute atomic E-state index is 11.8. The van der Waals surface area contributed by atoms with E-state index < -0.39 is 0 Å². The number of ether oxygens (including phenoxy) is 1. The topological polar surface area (TPSA) is 97.6 Å². The number of benzene rings is 1. The molecule has 1 heterocycles. The Morgan fingerprint density at radius 1 is 1.24 bits per heavy atom. The van der Waals surface area contributed by atoms with Crippen LogP contribution < -0.4 is 15.5 Å². The molecule has 0 aliphatic carbocycles. The summed E-state index contributed by atoms with van der Waals surface area (Å²) < 4.78 is 6.72. The van der Waals surface area contributed by atoms with Crippen LogP contribution in [0.25, 0.3) is 0 Å². The van der Waals surface area contributed by atoms with Crippen LogP contribution in [0.2, 0.25) is 0 Å². The van der Waals surface area contributed by atoms with Crippen LogP contribution in [0.5, 0.6) is 5.75 Å². The molecule has 8 nitrogen and oxygen atoms in total. The third-order valence-electron chi connectivity index (χ3n) is 3.40. The SMILES string of the molecule is COc1ccc(NC(=O)CCC(=O)N/N=C\c2cn(C)nc2C)cc1. The lowest BCUT2D eigenvalue weighted by molar-refractivity contribution is -0.124. The van der Waals surface area contributed by atoms with Crippen molar-refractivity contribution in [1.82, 2.24) is 15.2 Å². The maximum Gasteiger partial charge on any atom is 0.240 e. The van der Waals surface area contributed by atoms with Crippen molar-refractivity contribution in [3.8, 4) is 5.75 Å². The summed E-state index contributed by atoms with van der Waals surface area (Å²) in [5, 5.41) is 10.8. The van der Waals surface area contributed by atoms with Gasteiger partial charge in [0.05, 0.1) is 19.0 Å². The maximum atomic E-state index is 11.8. The van der Waals surface area contributed by atoms with E-state index in [2.05, 4.69) is 20.9 Å². The van der Waals surface area contributed by atoms with E-state index in [0.717, 1.165) is 11.3 Å². The lowest BCUT2D eigenvalue weighted by Gasteiger charge is -2.06. The van der Waals surface area contributed by atoms with E-state index in [0.29, 0.717) is 11.4 Å². The quantitative estimate of drug-likeness (QED) is 0.589. The highest BCUT2D eigenvalue weighted by Crippen LogP contribution is 2.15. The zero-order valence-electron chi connectivity index (χ0n) is 14.4. The summed E-state index contributed by atoms with van der Waals surface area (Å²) in [7, 11) is 3.38. The Morgan fingerprint density at radius 2 is 1.92 bits per heavy atom. The third-order valence-corrected chi connectivity index (χ3v) is 3.40. The molecule has 0 radical (unpaired) electrons. The Morgan fingerprint density at radius 3 is 2.52 bits per heavy atom. The molecule has 2 amide bonds. The first-order valence-electron chi connectivity index (χ1n) is 7.74. The highest BCUT2D eigenvalue weighted by molar-refractivity contribution is 5.93. The summed E-state index contributed by atoms with van der Waals surface area (Å²) in [5.41, 5.74) is 4.69. The van der Waals surface area contributed by atoms with Gasteiger partial charge in [0.1, 0.15) is 5.75 Å². The van der Waals surface area contributed by atoms with Gasteiger partial charge in [0.15, 0.2) is 0 Å². The van der Waals surface area contributed by atoms with E-state index >= 15 is 0 Å². The van der Waals surface area contributed by atoms with Gasteiger partial charge in [0.25, 0.3) is 0 Å². The number of methoxy groups -OCH3 is 1. The first-order valence-corrected chi connectivity index (χ1v) is 7.74. The van der Waals surface area contributed by atoms with Crippen LogP contribution in [-0.2, 0) is 16.6 Å². The summed E-state index contributed by atoms with van der Waals surface area (Å²) in [4.78, 5) is 23.6. The predicted octanol–water partition coefficient (Wildman–Crippen LogP) is 1.61. The average molecular weight is 343 g/mol. The Labute approximate surface area is 145 Å². The Kier molecular flexibility index (Phi) is 6.27. The largest absolute Gasteiger partial charge is 0.497 e. The van der Waals surface area contributed by atoms with Crippen LogP contribution in [0.4, 0.5) is 5.69 Å². The first-order chi connectivity index (χ1) is 12.0. The monoisotopic (exact) mass is 343 g/mol. The van der Waals surface area contributed by atoms with Crippen LogP contribution in [0, 0.1) is 6.92 Å². The minimum atomic E-state index is -0.331. The molecule has 8 heteroatoms. The number of amides is 2. The van der Waals surface area contributed by atoms with Gasteiger partial charge in [-0.3, -0.25) is 14.3 Å². The van der Waals surface area contributed by atoms with Crippen LogP contribution in [0.15, 0.2) is 35.6 Å². The number of nitrogens with zero attached hydrogens (tertiary/aromatic N) is 3. The normalized spacial score (nSPS) is 10.7. The minimum Gasteiger partial charge on any atom is -0.497 e. The molecule has 1 aromatic heterocycles. The van der Waals surface area contributed by atoms with Gasteiger partial charge in [0, 0.05) is 37.3 Å². The number of hydrogen-bond donors (Lipinski definition) is 2. The molecule has 0 aliphatic heterocycles. The van der Waals surface area contributed by atoms with E-state index in [4.69, 9.17) is 4.74 Å². The highest BCUT2D eigenvalue weighted by atomic mass is 16.5. The van der Waals surface area contributed by atoms with Gasteiger partial charge in [-0.1, -0.05) is 0 Å². The molecule has 0 bridgehead atoms. The molecular formula is C17H21N5O3. The van der Waals surface area contributed by atoms with Gasteiger partial charge >= 0.3 is 0 Å². The third kappa shape index (κ3) is 5.76.